The van der Waals surface area contributed by atoms with Gasteiger partial charge in [0.25, 0.3) is 5.82 Å². The molecule has 1 fully saturated rings. The fourth-order valence-corrected chi connectivity index (χ4v) is 2.37. The Balaban J connectivity index is 1.67. The van der Waals surface area contributed by atoms with Crippen LogP contribution in [0.4, 0.5) is 0 Å². The van der Waals surface area contributed by atoms with E-state index >= 15 is 0 Å². The highest BCUT2D eigenvalue weighted by Crippen LogP contribution is 2.28. The lowest BCUT2D eigenvalue weighted by Gasteiger charge is -2.22. The van der Waals surface area contributed by atoms with Crippen LogP contribution < -0.4 is 0 Å². The minimum Gasteiger partial charge on any atom is -0.463 e. The molecule has 1 aliphatic rings. The van der Waals surface area contributed by atoms with Gasteiger partial charge in [0.15, 0.2) is 0 Å². The molecule has 0 spiro atoms. The van der Waals surface area contributed by atoms with Crippen LogP contribution in [0, 0.1) is 0 Å². The number of ether oxygens (including phenoxy) is 1. The summed E-state index contributed by atoms with van der Waals surface area (Å²) in [5, 5.41) is 3.97. The number of carbonyl (C=O) groups is 2. The van der Waals surface area contributed by atoms with Gasteiger partial charge in [-0.1, -0.05) is 30.3 Å². The lowest BCUT2D eigenvalue weighted by atomic mass is 10.2. The summed E-state index contributed by atoms with van der Waals surface area (Å²) >= 11 is 0. The van der Waals surface area contributed by atoms with Crippen LogP contribution in [0.15, 0.2) is 36.7 Å². The summed E-state index contributed by atoms with van der Waals surface area (Å²) in [6, 6.07) is 10.2. The highest BCUT2D eigenvalue weighted by Gasteiger charge is 2.32. The van der Waals surface area contributed by atoms with Gasteiger partial charge in [-0.15, -0.1) is 5.10 Å². The quantitative estimate of drug-likeness (QED) is 0.750. The molecule has 1 aromatic carbocycles. The Hall–Kier alpha value is -2.70. The van der Waals surface area contributed by atoms with Gasteiger partial charge in [0, 0.05) is 12.6 Å². The third-order valence-electron chi connectivity index (χ3n) is 3.71. The summed E-state index contributed by atoms with van der Waals surface area (Å²) in [6.07, 6.45) is 3.43. The average Bonchev–Trinajstić information content (AvgIpc) is 3.31. The Labute approximate surface area is 133 Å². The number of benzene rings is 1. The van der Waals surface area contributed by atoms with Crippen LogP contribution in [0.3, 0.4) is 0 Å². The maximum atomic E-state index is 12.6. The van der Waals surface area contributed by atoms with E-state index in [0.29, 0.717) is 12.6 Å². The largest absolute Gasteiger partial charge is 0.463 e. The Bertz CT molecular complexity index is 694. The van der Waals surface area contributed by atoms with Crippen LogP contribution in [0.25, 0.3) is 0 Å². The molecule has 1 aromatic heterocycles. The van der Waals surface area contributed by atoms with E-state index in [4.69, 9.17) is 0 Å². The predicted molar refractivity (Wildman–Crippen MR) is 81.4 cm³/mol. The minimum atomic E-state index is -0.612. The van der Waals surface area contributed by atoms with Crippen molar-refractivity contribution in [1.29, 1.82) is 0 Å². The molecule has 2 aromatic rings. The van der Waals surface area contributed by atoms with Crippen LogP contribution in [-0.2, 0) is 22.6 Å². The fourth-order valence-electron chi connectivity index (χ4n) is 2.37. The maximum Gasteiger partial charge on any atom is 0.377 e. The van der Waals surface area contributed by atoms with Crippen molar-refractivity contribution in [3.63, 3.8) is 0 Å². The second-order valence-electron chi connectivity index (χ2n) is 5.50. The Morgan fingerprint density at radius 2 is 2.04 bits per heavy atom. The van der Waals surface area contributed by atoms with Gasteiger partial charge in [0.2, 0.25) is 5.91 Å². The first-order valence-electron chi connectivity index (χ1n) is 7.48. The van der Waals surface area contributed by atoms with E-state index in [1.807, 2.05) is 35.2 Å². The molecule has 1 amide bonds. The first-order valence-corrected chi connectivity index (χ1v) is 7.48. The standard InChI is InChI=1S/C16H18N4O3/c1-23-16(22)15-17-11-19(18-15)10-14(21)20(13-7-8-13)9-12-5-3-2-4-6-12/h2-6,11,13H,7-10H2,1H3. The first-order chi connectivity index (χ1) is 11.2. The molecule has 0 radical (unpaired) electrons. The number of hydrogen-bond acceptors (Lipinski definition) is 5. The summed E-state index contributed by atoms with van der Waals surface area (Å²) in [5.74, 6) is -0.682. The summed E-state index contributed by atoms with van der Waals surface area (Å²) in [7, 11) is 1.27. The number of methoxy groups -OCH3 is 1. The fraction of sp³-hybridized carbons (Fsp3) is 0.375. The molecule has 0 saturated heterocycles. The molecule has 0 bridgehead atoms. The second kappa shape index (κ2) is 6.60. The van der Waals surface area contributed by atoms with E-state index < -0.39 is 5.97 Å². The highest BCUT2D eigenvalue weighted by molar-refractivity contribution is 5.84. The Morgan fingerprint density at radius 3 is 2.70 bits per heavy atom. The van der Waals surface area contributed by atoms with Gasteiger partial charge >= 0.3 is 5.97 Å². The minimum absolute atomic E-state index is 0.0299. The molecular formula is C16H18N4O3. The zero-order valence-electron chi connectivity index (χ0n) is 12.9. The van der Waals surface area contributed by atoms with E-state index in [2.05, 4.69) is 14.8 Å². The van der Waals surface area contributed by atoms with Crippen LogP contribution in [0.2, 0.25) is 0 Å². The molecule has 1 heterocycles. The summed E-state index contributed by atoms with van der Waals surface area (Å²) < 4.78 is 5.93. The van der Waals surface area contributed by atoms with Gasteiger partial charge in [0.05, 0.1) is 7.11 Å². The second-order valence-corrected chi connectivity index (χ2v) is 5.50. The molecule has 120 valence electrons. The zero-order valence-corrected chi connectivity index (χ0v) is 12.9. The molecule has 23 heavy (non-hydrogen) atoms. The van der Waals surface area contributed by atoms with Crippen molar-refractivity contribution in [3.8, 4) is 0 Å². The number of carbonyl (C=O) groups excluding carboxylic acids is 2. The number of hydrogen-bond donors (Lipinski definition) is 0. The number of aromatic nitrogens is 3. The topological polar surface area (TPSA) is 77.3 Å². The first kappa shape index (κ1) is 15.2. The molecule has 0 aliphatic heterocycles. The van der Waals surface area contributed by atoms with E-state index in [0.717, 1.165) is 18.4 Å². The van der Waals surface area contributed by atoms with Gasteiger partial charge in [0.1, 0.15) is 12.9 Å². The number of nitrogens with zero attached hydrogens (tertiary/aromatic N) is 4. The lowest BCUT2D eigenvalue weighted by molar-refractivity contribution is -0.133. The number of rotatable bonds is 6. The van der Waals surface area contributed by atoms with Crippen molar-refractivity contribution >= 4 is 11.9 Å². The molecule has 1 saturated carbocycles. The van der Waals surface area contributed by atoms with Crippen molar-refractivity contribution in [2.75, 3.05) is 7.11 Å². The van der Waals surface area contributed by atoms with E-state index in [1.165, 1.54) is 18.1 Å². The van der Waals surface area contributed by atoms with Crippen LogP contribution in [-0.4, -0.2) is 44.7 Å². The van der Waals surface area contributed by atoms with Gasteiger partial charge in [-0.3, -0.25) is 4.79 Å². The smallest absolute Gasteiger partial charge is 0.377 e. The molecule has 7 heteroatoms. The normalized spacial score (nSPS) is 13.6. The molecule has 0 N–H and O–H groups in total. The third kappa shape index (κ3) is 3.74. The molecular weight excluding hydrogens is 296 g/mol. The van der Waals surface area contributed by atoms with Crippen molar-refractivity contribution < 1.29 is 14.3 Å². The van der Waals surface area contributed by atoms with Crippen LogP contribution >= 0.6 is 0 Å². The van der Waals surface area contributed by atoms with Crippen molar-refractivity contribution in [2.24, 2.45) is 0 Å². The number of esters is 1. The molecule has 0 atom stereocenters. The highest BCUT2D eigenvalue weighted by atomic mass is 16.5. The SMILES string of the molecule is COC(=O)c1ncn(CC(=O)N(Cc2ccccc2)C2CC2)n1. The van der Waals surface area contributed by atoms with Gasteiger partial charge < -0.3 is 9.64 Å². The zero-order chi connectivity index (χ0) is 16.2. The van der Waals surface area contributed by atoms with Gasteiger partial charge in [-0.2, -0.15) is 0 Å². The van der Waals surface area contributed by atoms with E-state index in [-0.39, 0.29) is 18.3 Å². The molecule has 7 nitrogen and oxygen atoms in total. The predicted octanol–water partition coefficient (Wildman–Crippen LogP) is 1.26. The summed E-state index contributed by atoms with van der Waals surface area (Å²) in [5.41, 5.74) is 1.10. The Kier molecular flexibility index (Phi) is 4.36. The van der Waals surface area contributed by atoms with E-state index in [9.17, 15) is 9.59 Å². The van der Waals surface area contributed by atoms with Gasteiger partial charge in [-0.25, -0.2) is 14.5 Å². The van der Waals surface area contributed by atoms with Crippen molar-refractivity contribution in [2.45, 2.75) is 32.0 Å². The average molecular weight is 314 g/mol. The maximum absolute atomic E-state index is 12.6. The third-order valence-corrected chi connectivity index (χ3v) is 3.71. The lowest BCUT2D eigenvalue weighted by Crippen LogP contribution is -2.35. The van der Waals surface area contributed by atoms with Gasteiger partial charge in [-0.05, 0) is 18.4 Å². The molecule has 0 unspecified atom stereocenters. The molecule has 1 aliphatic carbocycles. The Morgan fingerprint density at radius 1 is 1.30 bits per heavy atom. The summed E-state index contributed by atoms with van der Waals surface area (Å²) in [6.45, 7) is 0.649. The van der Waals surface area contributed by atoms with Crippen molar-refractivity contribution in [3.05, 3.63) is 48.0 Å². The van der Waals surface area contributed by atoms with Crippen molar-refractivity contribution in [1.82, 2.24) is 19.7 Å². The molecule has 3 rings (SSSR count). The monoisotopic (exact) mass is 314 g/mol. The van der Waals surface area contributed by atoms with Crippen LogP contribution in [0.1, 0.15) is 29.0 Å². The van der Waals surface area contributed by atoms with Crippen LogP contribution in [0.5, 0.6) is 0 Å². The number of amides is 1. The van der Waals surface area contributed by atoms with E-state index in [1.54, 1.807) is 0 Å². The summed E-state index contributed by atoms with van der Waals surface area (Å²) in [4.78, 5) is 29.6.